The Morgan fingerprint density at radius 3 is 2.59 bits per heavy atom. The number of benzene rings is 1. The molecule has 0 spiro atoms. The molecule has 168 valence electrons. The smallest absolute Gasteiger partial charge is 0.317 e. The van der Waals surface area contributed by atoms with Gasteiger partial charge in [0.25, 0.3) is 5.56 Å². The molecule has 32 heavy (non-hydrogen) atoms. The van der Waals surface area contributed by atoms with Gasteiger partial charge in [-0.2, -0.15) is 5.10 Å². The number of amides is 2. The van der Waals surface area contributed by atoms with Crippen molar-refractivity contribution in [3.8, 4) is 0 Å². The summed E-state index contributed by atoms with van der Waals surface area (Å²) in [6.07, 6.45) is 5.80. The van der Waals surface area contributed by atoms with E-state index in [1.165, 1.54) is 19.3 Å². The molecule has 1 saturated heterocycles. The fraction of sp³-hybridized carbons (Fsp3) is 0.500. The van der Waals surface area contributed by atoms with Gasteiger partial charge in [0.2, 0.25) is 0 Å². The van der Waals surface area contributed by atoms with E-state index in [0.29, 0.717) is 36.0 Å². The second-order valence-electron chi connectivity index (χ2n) is 9.16. The Bertz CT molecular complexity index is 1170. The SMILES string of the molecule is Cc1nn(C2CCCCC2)c2nc(C3CN(C(=O)NC(C)c4ccccc4)C3)[nH]c(=O)c12. The molecule has 1 aromatic carbocycles. The van der Waals surface area contributed by atoms with Gasteiger partial charge in [0.05, 0.1) is 23.7 Å². The zero-order valence-corrected chi connectivity index (χ0v) is 18.7. The summed E-state index contributed by atoms with van der Waals surface area (Å²) in [5.74, 6) is 0.680. The van der Waals surface area contributed by atoms with Crippen LogP contribution in [0.1, 0.15) is 74.1 Å². The van der Waals surface area contributed by atoms with Crippen LogP contribution < -0.4 is 10.9 Å². The zero-order chi connectivity index (χ0) is 22.2. The van der Waals surface area contributed by atoms with Gasteiger partial charge in [0, 0.05) is 13.1 Å². The molecule has 1 aliphatic carbocycles. The predicted molar refractivity (Wildman–Crippen MR) is 123 cm³/mol. The van der Waals surface area contributed by atoms with Gasteiger partial charge in [0.1, 0.15) is 11.2 Å². The molecule has 8 nitrogen and oxygen atoms in total. The van der Waals surface area contributed by atoms with Crippen LogP contribution in [-0.2, 0) is 0 Å². The lowest BCUT2D eigenvalue weighted by molar-refractivity contribution is 0.146. The molecule has 3 heterocycles. The average molecular weight is 435 g/mol. The fourth-order valence-corrected chi connectivity index (χ4v) is 4.92. The van der Waals surface area contributed by atoms with Crippen LogP contribution in [0.15, 0.2) is 35.1 Å². The van der Waals surface area contributed by atoms with Crippen molar-refractivity contribution >= 4 is 17.1 Å². The van der Waals surface area contributed by atoms with E-state index >= 15 is 0 Å². The molecule has 2 fully saturated rings. The molecule has 5 rings (SSSR count). The number of nitrogens with zero attached hydrogens (tertiary/aromatic N) is 4. The summed E-state index contributed by atoms with van der Waals surface area (Å²) in [6, 6.07) is 10.1. The zero-order valence-electron chi connectivity index (χ0n) is 18.7. The highest BCUT2D eigenvalue weighted by atomic mass is 16.2. The molecule has 2 aromatic heterocycles. The highest BCUT2D eigenvalue weighted by Gasteiger charge is 2.35. The van der Waals surface area contributed by atoms with Gasteiger partial charge in [-0.25, -0.2) is 14.5 Å². The third-order valence-electron chi connectivity index (χ3n) is 6.87. The van der Waals surface area contributed by atoms with Crippen LogP contribution in [0.3, 0.4) is 0 Å². The quantitative estimate of drug-likeness (QED) is 0.653. The van der Waals surface area contributed by atoms with Gasteiger partial charge in [0.15, 0.2) is 5.65 Å². The number of H-pyrrole nitrogens is 1. The van der Waals surface area contributed by atoms with Crippen molar-refractivity contribution in [1.29, 1.82) is 0 Å². The molecule has 8 heteroatoms. The molecule has 2 amide bonds. The third-order valence-corrected chi connectivity index (χ3v) is 6.87. The highest BCUT2D eigenvalue weighted by Crippen LogP contribution is 2.31. The second-order valence-corrected chi connectivity index (χ2v) is 9.16. The van der Waals surface area contributed by atoms with Crippen molar-refractivity contribution in [3.63, 3.8) is 0 Å². The normalized spacial score (nSPS) is 18.5. The Balaban J connectivity index is 1.31. The number of carbonyl (C=O) groups excluding carboxylic acids is 1. The van der Waals surface area contributed by atoms with Crippen molar-refractivity contribution < 1.29 is 4.79 Å². The number of likely N-dealkylation sites (tertiary alicyclic amines) is 1. The van der Waals surface area contributed by atoms with E-state index in [1.54, 1.807) is 4.90 Å². The number of aromatic nitrogens is 4. The number of hydrogen-bond acceptors (Lipinski definition) is 4. The molecular weight excluding hydrogens is 404 g/mol. The number of nitrogens with one attached hydrogen (secondary N) is 2. The summed E-state index contributed by atoms with van der Waals surface area (Å²) >= 11 is 0. The van der Waals surface area contributed by atoms with E-state index in [4.69, 9.17) is 4.98 Å². The second kappa shape index (κ2) is 8.41. The lowest BCUT2D eigenvalue weighted by atomic mass is 9.96. The number of rotatable bonds is 4. The molecule has 1 unspecified atom stereocenters. The first-order chi connectivity index (χ1) is 15.5. The van der Waals surface area contributed by atoms with Gasteiger partial charge >= 0.3 is 6.03 Å². The van der Waals surface area contributed by atoms with Gasteiger partial charge in [-0.05, 0) is 32.3 Å². The van der Waals surface area contributed by atoms with Crippen LogP contribution >= 0.6 is 0 Å². The minimum atomic E-state index is -0.134. The van der Waals surface area contributed by atoms with E-state index in [2.05, 4.69) is 15.4 Å². The van der Waals surface area contributed by atoms with Gasteiger partial charge < -0.3 is 15.2 Å². The Hall–Kier alpha value is -3.16. The summed E-state index contributed by atoms with van der Waals surface area (Å²) < 4.78 is 1.98. The number of fused-ring (bicyclic) bond motifs is 1. The first-order valence-corrected chi connectivity index (χ1v) is 11.6. The van der Waals surface area contributed by atoms with Crippen molar-refractivity contribution in [1.82, 2.24) is 30.0 Å². The summed E-state index contributed by atoms with van der Waals surface area (Å²) in [4.78, 5) is 35.0. The van der Waals surface area contributed by atoms with E-state index < -0.39 is 0 Å². The van der Waals surface area contributed by atoms with Crippen molar-refractivity contribution in [2.45, 2.75) is 64.0 Å². The Morgan fingerprint density at radius 2 is 1.88 bits per heavy atom. The lowest BCUT2D eigenvalue weighted by Gasteiger charge is -2.39. The molecule has 3 aromatic rings. The summed E-state index contributed by atoms with van der Waals surface area (Å²) in [5, 5.41) is 8.32. The van der Waals surface area contributed by atoms with E-state index in [-0.39, 0.29) is 23.6 Å². The van der Waals surface area contributed by atoms with Crippen LogP contribution in [0, 0.1) is 6.92 Å². The predicted octanol–water partition coefficient (Wildman–Crippen LogP) is 3.80. The van der Waals surface area contributed by atoms with Gasteiger partial charge in [-0.1, -0.05) is 49.6 Å². The first-order valence-electron chi connectivity index (χ1n) is 11.6. The minimum absolute atomic E-state index is 0.0277. The molecule has 2 N–H and O–H groups in total. The summed E-state index contributed by atoms with van der Waals surface area (Å²) in [5.41, 5.74) is 2.36. The van der Waals surface area contributed by atoms with Gasteiger partial charge in [-0.3, -0.25) is 4.79 Å². The highest BCUT2D eigenvalue weighted by molar-refractivity contribution is 5.78. The monoisotopic (exact) mass is 434 g/mol. The van der Waals surface area contributed by atoms with Crippen LogP contribution in [0.5, 0.6) is 0 Å². The number of aryl methyl sites for hydroxylation is 1. The topological polar surface area (TPSA) is 95.9 Å². The molecular formula is C24H30N6O2. The first kappa shape index (κ1) is 20.7. The number of aromatic amines is 1. The molecule has 2 aliphatic rings. The maximum absolute atomic E-state index is 12.8. The largest absolute Gasteiger partial charge is 0.331 e. The summed E-state index contributed by atoms with van der Waals surface area (Å²) in [7, 11) is 0. The van der Waals surface area contributed by atoms with E-state index in [0.717, 1.165) is 24.1 Å². The molecule has 0 bridgehead atoms. The molecule has 0 radical (unpaired) electrons. The summed E-state index contributed by atoms with van der Waals surface area (Å²) in [6.45, 7) is 4.93. The van der Waals surface area contributed by atoms with Crippen LogP contribution in [-0.4, -0.2) is 43.8 Å². The van der Waals surface area contributed by atoms with Crippen molar-refractivity contribution in [2.75, 3.05) is 13.1 Å². The molecule has 1 aliphatic heterocycles. The number of carbonyl (C=O) groups is 1. The van der Waals surface area contributed by atoms with E-state index in [9.17, 15) is 9.59 Å². The van der Waals surface area contributed by atoms with Crippen molar-refractivity contribution in [3.05, 3.63) is 57.8 Å². The molecule has 1 saturated carbocycles. The van der Waals surface area contributed by atoms with Crippen LogP contribution in [0.25, 0.3) is 11.0 Å². The Kier molecular flexibility index (Phi) is 5.45. The van der Waals surface area contributed by atoms with Gasteiger partial charge in [-0.15, -0.1) is 0 Å². The standard InChI is InChI=1S/C24H30N6O2/c1-15(17-9-5-3-6-10-17)25-24(32)29-13-18(14-29)21-26-22-20(23(31)27-21)16(2)28-30(22)19-11-7-4-8-12-19/h3,5-6,9-10,15,18-19H,4,7-8,11-14H2,1-2H3,(H,25,32)(H,26,27,31). The van der Waals surface area contributed by atoms with E-state index in [1.807, 2.05) is 48.9 Å². The number of urea groups is 1. The maximum Gasteiger partial charge on any atom is 0.317 e. The average Bonchev–Trinajstić information content (AvgIpc) is 3.11. The Morgan fingerprint density at radius 1 is 1.16 bits per heavy atom. The fourth-order valence-electron chi connectivity index (χ4n) is 4.92. The molecule has 1 atom stereocenters. The minimum Gasteiger partial charge on any atom is -0.331 e. The maximum atomic E-state index is 12.8. The van der Waals surface area contributed by atoms with Crippen molar-refractivity contribution in [2.24, 2.45) is 0 Å². The van der Waals surface area contributed by atoms with Crippen LogP contribution in [0.4, 0.5) is 4.79 Å². The Labute approximate surface area is 187 Å². The number of hydrogen-bond donors (Lipinski definition) is 2. The van der Waals surface area contributed by atoms with Crippen LogP contribution in [0.2, 0.25) is 0 Å². The lowest BCUT2D eigenvalue weighted by Crippen LogP contribution is -2.53. The third kappa shape index (κ3) is 3.78.